The molecule has 0 aliphatic heterocycles. The van der Waals surface area contributed by atoms with Gasteiger partial charge in [0, 0.05) is 22.6 Å². The van der Waals surface area contributed by atoms with Crippen LogP contribution in [0.4, 0.5) is 22.9 Å². The van der Waals surface area contributed by atoms with Crippen LogP contribution in [0.5, 0.6) is 0 Å². The smallest absolute Gasteiger partial charge is 0.141 e. The quantitative estimate of drug-likeness (QED) is 0.631. The first-order chi connectivity index (χ1) is 10.2. The Balaban J connectivity index is 2.08. The van der Waals surface area contributed by atoms with Gasteiger partial charge in [-0.1, -0.05) is 22.0 Å². The molecule has 1 heterocycles. The lowest BCUT2D eigenvalue weighted by atomic mass is 10.1. The Morgan fingerprint density at radius 3 is 2.76 bits per heavy atom. The van der Waals surface area contributed by atoms with Crippen molar-refractivity contribution in [2.24, 2.45) is 0 Å². The Kier molecular flexibility index (Phi) is 3.62. The number of rotatable bonds is 3. The van der Waals surface area contributed by atoms with Crippen molar-refractivity contribution >= 4 is 49.7 Å². The third-order valence-electron chi connectivity index (χ3n) is 3.16. The molecule has 4 N–H and O–H groups in total. The van der Waals surface area contributed by atoms with Crippen molar-refractivity contribution in [1.29, 1.82) is 0 Å². The highest BCUT2D eigenvalue weighted by Crippen LogP contribution is 2.30. The van der Waals surface area contributed by atoms with Crippen molar-refractivity contribution in [1.82, 2.24) is 9.97 Å². The number of hydrogen-bond donors (Lipinski definition) is 3. The van der Waals surface area contributed by atoms with Crippen molar-refractivity contribution in [3.63, 3.8) is 0 Å². The first-order valence-corrected chi connectivity index (χ1v) is 7.21. The number of anilines is 4. The van der Waals surface area contributed by atoms with E-state index in [4.69, 9.17) is 5.73 Å². The molecular weight excluding hydrogens is 330 g/mol. The number of benzene rings is 2. The topological polar surface area (TPSA) is 75.9 Å². The van der Waals surface area contributed by atoms with E-state index in [0.717, 1.165) is 32.6 Å². The minimum Gasteiger partial charge on any atom is -0.397 e. The molecule has 0 amide bonds. The molecule has 1 aromatic heterocycles. The van der Waals surface area contributed by atoms with Crippen molar-refractivity contribution < 1.29 is 0 Å². The molecule has 6 heteroatoms. The molecular formula is C15H14BrN5. The average molecular weight is 344 g/mol. The second-order valence-electron chi connectivity index (χ2n) is 4.56. The fraction of sp³-hybridized carbons (Fsp3) is 0.0667. The molecule has 0 saturated heterocycles. The van der Waals surface area contributed by atoms with E-state index < -0.39 is 0 Å². The summed E-state index contributed by atoms with van der Waals surface area (Å²) in [7, 11) is 1.83. The maximum absolute atomic E-state index is 6.03. The normalized spacial score (nSPS) is 10.6. The summed E-state index contributed by atoms with van der Waals surface area (Å²) >= 11 is 3.45. The van der Waals surface area contributed by atoms with E-state index in [1.54, 1.807) is 0 Å². The van der Waals surface area contributed by atoms with Gasteiger partial charge in [0.05, 0.1) is 16.9 Å². The highest BCUT2D eigenvalue weighted by atomic mass is 79.9. The molecule has 3 rings (SSSR count). The zero-order valence-electron chi connectivity index (χ0n) is 11.4. The zero-order valence-corrected chi connectivity index (χ0v) is 13.0. The number of hydrogen-bond acceptors (Lipinski definition) is 5. The van der Waals surface area contributed by atoms with Crippen LogP contribution in [0.15, 0.2) is 47.2 Å². The van der Waals surface area contributed by atoms with Crippen molar-refractivity contribution in [2.75, 3.05) is 23.4 Å². The van der Waals surface area contributed by atoms with Crippen molar-refractivity contribution in [3.05, 3.63) is 47.2 Å². The van der Waals surface area contributed by atoms with Gasteiger partial charge in [0.15, 0.2) is 0 Å². The van der Waals surface area contributed by atoms with E-state index in [9.17, 15) is 0 Å². The van der Waals surface area contributed by atoms with Gasteiger partial charge < -0.3 is 16.4 Å². The number of aromatic nitrogens is 2. The van der Waals surface area contributed by atoms with Crippen LogP contribution in [0, 0.1) is 0 Å². The SMILES string of the molecule is CNc1cc2ncnc(Nc3cccc(Br)c3)c2cc1N. The van der Waals surface area contributed by atoms with Crippen molar-refractivity contribution in [2.45, 2.75) is 0 Å². The fourth-order valence-electron chi connectivity index (χ4n) is 2.14. The van der Waals surface area contributed by atoms with E-state index in [2.05, 4.69) is 36.5 Å². The fourth-order valence-corrected chi connectivity index (χ4v) is 2.54. The molecule has 3 aromatic rings. The molecule has 0 unspecified atom stereocenters. The third kappa shape index (κ3) is 2.75. The molecule has 0 spiro atoms. The molecule has 0 aliphatic carbocycles. The standard InChI is InChI=1S/C15H14BrN5/c1-18-14-7-13-11(6-12(14)17)15(20-8-19-13)21-10-4-2-3-9(16)5-10/h2-8,18H,17H2,1H3,(H,19,20,21). The van der Waals surface area contributed by atoms with E-state index in [-0.39, 0.29) is 0 Å². The van der Waals surface area contributed by atoms with Gasteiger partial charge in [-0.3, -0.25) is 0 Å². The maximum atomic E-state index is 6.03. The summed E-state index contributed by atoms with van der Waals surface area (Å²) in [4.78, 5) is 8.61. The van der Waals surface area contributed by atoms with Gasteiger partial charge in [-0.25, -0.2) is 9.97 Å². The molecule has 106 valence electrons. The lowest BCUT2D eigenvalue weighted by Gasteiger charge is -2.11. The summed E-state index contributed by atoms with van der Waals surface area (Å²) in [6.45, 7) is 0. The van der Waals surface area contributed by atoms with Gasteiger partial charge in [-0.05, 0) is 30.3 Å². The van der Waals surface area contributed by atoms with Crippen LogP contribution in [0.3, 0.4) is 0 Å². The van der Waals surface area contributed by atoms with E-state index >= 15 is 0 Å². The van der Waals surface area contributed by atoms with Crippen LogP contribution in [0.1, 0.15) is 0 Å². The summed E-state index contributed by atoms with van der Waals surface area (Å²) in [6, 6.07) is 11.7. The molecule has 0 atom stereocenters. The predicted octanol–water partition coefficient (Wildman–Crippen LogP) is 3.76. The number of fused-ring (bicyclic) bond motifs is 1. The molecule has 0 bridgehead atoms. The molecule has 0 aliphatic rings. The molecule has 0 saturated carbocycles. The number of halogens is 1. The van der Waals surface area contributed by atoms with Gasteiger partial charge >= 0.3 is 0 Å². The van der Waals surface area contributed by atoms with Gasteiger partial charge in [0.1, 0.15) is 12.1 Å². The van der Waals surface area contributed by atoms with E-state index in [1.807, 2.05) is 43.4 Å². The highest BCUT2D eigenvalue weighted by Gasteiger charge is 2.08. The van der Waals surface area contributed by atoms with Gasteiger partial charge in [0.25, 0.3) is 0 Å². The second kappa shape index (κ2) is 5.57. The lowest BCUT2D eigenvalue weighted by molar-refractivity contribution is 1.22. The van der Waals surface area contributed by atoms with Crippen LogP contribution < -0.4 is 16.4 Å². The zero-order chi connectivity index (χ0) is 14.8. The summed E-state index contributed by atoms with van der Waals surface area (Å²) < 4.78 is 1.00. The van der Waals surface area contributed by atoms with Gasteiger partial charge in [0.2, 0.25) is 0 Å². The van der Waals surface area contributed by atoms with Crippen LogP contribution in [-0.4, -0.2) is 17.0 Å². The summed E-state index contributed by atoms with van der Waals surface area (Å²) in [6.07, 6.45) is 1.54. The highest BCUT2D eigenvalue weighted by molar-refractivity contribution is 9.10. The monoisotopic (exact) mass is 343 g/mol. The summed E-state index contributed by atoms with van der Waals surface area (Å²) in [5, 5.41) is 7.23. The van der Waals surface area contributed by atoms with E-state index in [1.165, 1.54) is 6.33 Å². The van der Waals surface area contributed by atoms with Gasteiger partial charge in [-0.2, -0.15) is 0 Å². The Morgan fingerprint density at radius 2 is 2.00 bits per heavy atom. The van der Waals surface area contributed by atoms with Crippen LogP contribution in [-0.2, 0) is 0 Å². The molecule has 21 heavy (non-hydrogen) atoms. The Bertz CT molecular complexity index is 803. The number of nitrogens with zero attached hydrogens (tertiary/aromatic N) is 2. The van der Waals surface area contributed by atoms with E-state index in [0.29, 0.717) is 5.69 Å². The molecule has 2 aromatic carbocycles. The molecule has 0 fully saturated rings. The molecule has 0 radical (unpaired) electrons. The minimum absolute atomic E-state index is 0.664. The molecule has 5 nitrogen and oxygen atoms in total. The number of nitrogen functional groups attached to an aromatic ring is 1. The average Bonchev–Trinajstić information content (AvgIpc) is 2.47. The Hall–Kier alpha value is -2.34. The largest absolute Gasteiger partial charge is 0.397 e. The number of nitrogens with one attached hydrogen (secondary N) is 2. The number of nitrogens with two attached hydrogens (primary N) is 1. The second-order valence-corrected chi connectivity index (χ2v) is 5.48. The lowest BCUT2D eigenvalue weighted by Crippen LogP contribution is -1.99. The van der Waals surface area contributed by atoms with Crippen molar-refractivity contribution in [3.8, 4) is 0 Å². The third-order valence-corrected chi connectivity index (χ3v) is 3.66. The van der Waals surface area contributed by atoms with Crippen LogP contribution in [0.2, 0.25) is 0 Å². The first kappa shape index (κ1) is 13.6. The minimum atomic E-state index is 0.664. The maximum Gasteiger partial charge on any atom is 0.141 e. The Labute approximate surface area is 130 Å². The summed E-state index contributed by atoms with van der Waals surface area (Å²) in [5.74, 6) is 0.729. The van der Waals surface area contributed by atoms with Crippen LogP contribution >= 0.6 is 15.9 Å². The predicted molar refractivity (Wildman–Crippen MR) is 90.9 cm³/mol. The van der Waals surface area contributed by atoms with Crippen LogP contribution in [0.25, 0.3) is 10.9 Å². The van der Waals surface area contributed by atoms with Gasteiger partial charge in [-0.15, -0.1) is 0 Å². The Morgan fingerprint density at radius 1 is 1.14 bits per heavy atom. The summed E-state index contributed by atoms with van der Waals surface area (Å²) in [5.41, 5.74) is 9.33. The first-order valence-electron chi connectivity index (χ1n) is 6.42.